The summed E-state index contributed by atoms with van der Waals surface area (Å²) >= 11 is 0. The van der Waals surface area contributed by atoms with Crippen molar-refractivity contribution in [2.24, 2.45) is 0 Å². The van der Waals surface area contributed by atoms with Crippen molar-refractivity contribution >= 4 is 28.6 Å². The predicted molar refractivity (Wildman–Crippen MR) is 112 cm³/mol. The topological polar surface area (TPSA) is 73.5 Å². The molecular weight excluding hydrogens is 370 g/mol. The molecule has 1 heterocycles. The van der Waals surface area contributed by atoms with Gasteiger partial charge in [-0.05, 0) is 38.1 Å². The molecule has 152 valence electrons. The van der Waals surface area contributed by atoms with Crippen LogP contribution in [0, 0.1) is 0 Å². The molecule has 0 radical (unpaired) electrons. The van der Waals surface area contributed by atoms with E-state index in [1.54, 1.807) is 23.1 Å². The van der Waals surface area contributed by atoms with E-state index < -0.39 is 12.1 Å². The highest BCUT2D eigenvalue weighted by Gasteiger charge is 2.22. The molecule has 1 aromatic heterocycles. The van der Waals surface area contributed by atoms with Crippen molar-refractivity contribution in [1.29, 1.82) is 0 Å². The Morgan fingerprint density at radius 2 is 1.59 bits per heavy atom. The number of amides is 1. The number of esters is 1. The van der Waals surface area contributed by atoms with Gasteiger partial charge in [0.15, 0.2) is 6.10 Å². The predicted octanol–water partition coefficient (Wildman–Crippen LogP) is 2.81. The summed E-state index contributed by atoms with van der Waals surface area (Å²) in [5.74, 6) is -0.836. The fraction of sp³-hybridized carbons (Fsp3) is 0.318. The molecule has 3 rings (SSSR count). The third-order valence-corrected chi connectivity index (χ3v) is 4.91. The van der Waals surface area contributed by atoms with Crippen LogP contribution in [-0.2, 0) is 27.4 Å². The second kappa shape index (κ2) is 8.77. The number of para-hydroxylation sites is 3. The van der Waals surface area contributed by atoms with E-state index in [1.807, 2.05) is 61.5 Å². The Balaban J connectivity index is 1.65. The number of aryl methyl sites for hydroxylation is 2. The third-order valence-electron chi connectivity index (χ3n) is 4.91. The van der Waals surface area contributed by atoms with Crippen LogP contribution in [0.2, 0.25) is 0 Å². The maximum absolute atomic E-state index is 12.6. The second-order valence-corrected chi connectivity index (χ2v) is 6.78. The van der Waals surface area contributed by atoms with Crippen LogP contribution in [0.3, 0.4) is 0 Å². The standard InChI is InChI=1S/C22H25N3O4/c1-4-24-18-12-8-9-13-19(18)25(22(24)28)15-14-20(26)29-16(2)21(27)23(3)17-10-6-5-7-11-17/h5-13,16H,4,14-15H2,1-3H3/t16-/m0/s1. The molecular formula is C22H25N3O4. The fourth-order valence-corrected chi connectivity index (χ4v) is 3.36. The Morgan fingerprint density at radius 3 is 2.21 bits per heavy atom. The fourth-order valence-electron chi connectivity index (χ4n) is 3.36. The number of hydrogen-bond donors (Lipinski definition) is 0. The second-order valence-electron chi connectivity index (χ2n) is 6.78. The Labute approximate surface area is 169 Å². The van der Waals surface area contributed by atoms with Crippen molar-refractivity contribution in [3.63, 3.8) is 0 Å². The van der Waals surface area contributed by atoms with E-state index in [2.05, 4.69) is 0 Å². The highest BCUT2D eigenvalue weighted by Crippen LogP contribution is 2.15. The summed E-state index contributed by atoms with van der Waals surface area (Å²) in [4.78, 5) is 38.9. The lowest BCUT2D eigenvalue weighted by atomic mass is 10.2. The van der Waals surface area contributed by atoms with Gasteiger partial charge < -0.3 is 9.64 Å². The number of carbonyl (C=O) groups is 2. The summed E-state index contributed by atoms with van der Waals surface area (Å²) in [6.45, 7) is 4.20. The van der Waals surface area contributed by atoms with Gasteiger partial charge in [-0.1, -0.05) is 30.3 Å². The summed E-state index contributed by atoms with van der Waals surface area (Å²) in [6.07, 6.45) is -0.911. The molecule has 0 saturated heterocycles. The van der Waals surface area contributed by atoms with Gasteiger partial charge in [0, 0.05) is 25.8 Å². The van der Waals surface area contributed by atoms with Gasteiger partial charge in [-0.2, -0.15) is 0 Å². The smallest absolute Gasteiger partial charge is 0.329 e. The molecule has 0 aliphatic heterocycles. The van der Waals surface area contributed by atoms with Gasteiger partial charge in [-0.15, -0.1) is 0 Å². The van der Waals surface area contributed by atoms with Crippen molar-refractivity contribution in [3.8, 4) is 0 Å². The van der Waals surface area contributed by atoms with E-state index in [-0.39, 0.29) is 24.6 Å². The molecule has 0 saturated carbocycles. The average molecular weight is 395 g/mol. The largest absolute Gasteiger partial charge is 0.452 e. The van der Waals surface area contributed by atoms with E-state index in [0.29, 0.717) is 6.54 Å². The van der Waals surface area contributed by atoms with Gasteiger partial charge in [0.05, 0.1) is 17.5 Å². The number of anilines is 1. The molecule has 0 fully saturated rings. The SMILES string of the molecule is CCn1c(=O)n(CCC(=O)O[C@@H](C)C(=O)N(C)c2ccccc2)c2ccccc21. The van der Waals surface area contributed by atoms with Gasteiger partial charge >= 0.3 is 11.7 Å². The van der Waals surface area contributed by atoms with Crippen LogP contribution in [0.1, 0.15) is 20.3 Å². The van der Waals surface area contributed by atoms with Gasteiger partial charge in [0.25, 0.3) is 5.91 Å². The molecule has 0 bridgehead atoms. The number of nitrogens with zero attached hydrogens (tertiary/aromatic N) is 3. The number of likely N-dealkylation sites (N-methyl/N-ethyl adjacent to an activating group) is 1. The van der Waals surface area contributed by atoms with Gasteiger partial charge in [-0.25, -0.2) is 4.79 Å². The normalized spacial score (nSPS) is 12.0. The van der Waals surface area contributed by atoms with Crippen molar-refractivity contribution in [1.82, 2.24) is 9.13 Å². The first-order valence-corrected chi connectivity index (χ1v) is 9.64. The Kier molecular flexibility index (Phi) is 6.16. The first kappa shape index (κ1) is 20.4. The van der Waals surface area contributed by atoms with Gasteiger partial charge in [0.1, 0.15) is 0 Å². The Bertz CT molecular complexity index is 1070. The molecule has 0 spiro atoms. The highest BCUT2D eigenvalue weighted by atomic mass is 16.5. The van der Waals surface area contributed by atoms with Crippen molar-refractivity contribution in [3.05, 3.63) is 65.1 Å². The van der Waals surface area contributed by atoms with Gasteiger partial charge in [-0.3, -0.25) is 18.7 Å². The number of imidazole rings is 1. The van der Waals surface area contributed by atoms with Crippen LogP contribution in [0.5, 0.6) is 0 Å². The van der Waals surface area contributed by atoms with E-state index in [1.165, 1.54) is 4.90 Å². The summed E-state index contributed by atoms with van der Waals surface area (Å²) in [6, 6.07) is 16.6. The van der Waals surface area contributed by atoms with Crippen LogP contribution in [-0.4, -0.2) is 34.2 Å². The zero-order chi connectivity index (χ0) is 21.0. The molecule has 0 aliphatic rings. The molecule has 1 amide bonds. The van der Waals surface area contributed by atoms with E-state index in [9.17, 15) is 14.4 Å². The number of ether oxygens (including phenoxy) is 1. The molecule has 3 aromatic rings. The lowest BCUT2D eigenvalue weighted by Gasteiger charge is -2.21. The van der Waals surface area contributed by atoms with Crippen LogP contribution < -0.4 is 10.6 Å². The minimum Gasteiger partial charge on any atom is -0.452 e. The molecule has 0 unspecified atom stereocenters. The minimum absolute atomic E-state index is 0.00427. The van der Waals surface area contributed by atoms with Crippen LogP contribution >= 0.6 is 0 Å². The summed E-state index contributed by atoms with van der Waals surface area (Å²) < 4.78 is 8.55. The zero-order valence-corrected chi connectivity index (χ0v) is 16.9. The molecule has 7 nitrogen and oxygen atoms in total. The number of benzene rings is 2. The molecule has 2 aromatic carbocycles. The number of fused-ring (bicyclic) bond motifs is 1. The number of aromatic nitrogens is 2. The third kappa shape index (κ3) is 4.23. The molecule has 0 N–H and O–H groups in total. The summed E-state index contributed by atoms with van der Waals surface area (Å²) in [7, 11) is 1.64. The lowest BCUT2D eigenvalue weighted by Crippen LogP contribution is -2.37. The first-order valence-electron chi connectivity index (χ1n) is 9.64. The average Bonchev–Trinajstić information content (AvgIpc) is 3.02. The Hall–Kier alpha value is -3.35. The van der Waals surface area contributed by atoms with Crippen LogP contribution in [0.15, 0.2) is 59.4 Å². The lowest BCUT2D eigenvalue weighted by molar-refractivity contribution is -0.154. The Morgan fingerprint density at radius 1 is 1.00 bits per heavy atom. The monoisotopic (exact) mass is 395 g/mol. The number of rotatable bonds is 7. The first-order chi connectivity index (χ1) is 13.9. The minimum atomic E-state index is -0.915. The van der Waals surface area contributed by atoms with Crippen molar-refractivity contribution in [2.45, 2.75) is 39.5 Å². The summed E-state index contributed by atoms with van der Waals surface area (Å²) in [5, 5.41) is 0. The van der Waals surface area contributed by atoms with Crippen molar-refractivity contribution in [2.75, 3.05) is 11.9 Å². The van der Waals surface area contributed by atoms with E-state index in [0.717, 1.165) is 16.7 Å². The molecule has 7 heteroatoms. The highest BCUT2D eigenvalue weighted by molar-refractivity contribution is 5.96. The number of hydrogen-bond acceptors (Lipinski definition) is 4. The van der Waals surface area contributed by atoms with Crippen LogP contribution in [0.25, 0.3) is 11.0 Å². The zero-order valence-electron chi connectivity index (χ0n) is 16.9. The molecule has 1 atom stereocenters. The van der Waals surface area contributed by atoms with E-state index >= 15 is 0 Å². The molecule has 29 heavy (non-hydrogen) atoms. The number of carbonyl (C=O) groups excluding carboxylic acids is 2. The maximum atomic E-state index is 12.6. The quantitative estimate of drug-likeness (QED) is 0.577. The maximum Gasteiger partial charge on any atom is 0.329 e. The van der Waals surface area contributed by atoms with Gasteiger partial charge in [0.2, 0.25) is 0 Å². The molecule has 0 aliphatic carbocycles. The van der Waals surface area contributed by atoms with Crippen LogP contribution in [0.4, 0.5) is 5.69 Å². The summed E-state index contributed by atoms with van der Waals surface area (Å²) in [5.41, 5.74) is 2.18. The van der Waals surface area contributed by atoms with Crippen molar-refractivity contribution < 1.29 is 14.3 Å². The van der Waals surface area contributed by atoms with E-state index in [4.69, 9.17) is 4.74 Å².